The van der Waals surface area contributed by atoms with Crippen molar-refractivity contribution < 1.29 is 27.2 Å². The monoisotopic (exact) mass is 179 g/mol. The van der Waals surface area contributed by atoms with Gasteiger partial charge in [0.25, 0.3) is 0 Å². The topological polar surface area (TPSA) is 23.5 Å². The van der Waals surface area contributed by atoms with Crippen LogP contribution in [0.2, 0.25) is 0 Å². The van der Waals surface area contributed by atoms with E-state index in [-0.39, 0.29) is 5.06 Å². The fraction of sp³-hybridized carbons (Fsp3) is 1.00. The summed E-state index contributed by atoms with van der Waals surface area (Å²) in [7, 11) is 0.708. The van der Waals surface area contributed by atoms with Crippen LogP contribution in [-0.2, 0) is 0 Å². The summed E-state index contributed by atoms with van der Waals surface area (Å²) in [5, 5.41) is 7.89. The molecule has 0 bridgehead atoms. The van der Waals surface area contributed by atoms with Gasteiger partial charge in [0.05, 0.1) is 6.54 Å². The molecule has 0 aliphatic carbocycles. The summed E-state index contributed by atoms with van der Waals surface area (Å²) < 4.78 is 57.6. The Kier molecular flexibility index (Phi) is 2.79. The van der Waals surface area contributed by atoms with E-state index in [2.05, 4.69) is 0 Å². The Labute approximate surface area is 59.2 Å². The minimum atomic E-state index is -5.61. The van der Waals surface area contributed by atoms with Crippen molar-refractivity contribution in [3.8, 4) is 0 Å². The number of nitrogens with zero attached hydrogens (tertiary/aromatic N) is 1. The summed E-state index contributed by atoms with van der Waals surface area (Å²) in [6.45, 7) is -1.75. The predicted octanol–water partition coefficient (Wildman–Crippen LogP) is 1.50. The van der Waals surface area contributed by atoms with Crippen molar-refractivity contribution in [3.63, 3.8) is 0 Å². The van der Waals surface area contributed by atoms with E-state index in [0.29, 0.717) is 7.05 Å². The Morgan fingerprint density at radius 3 is 1.64 bits per heavy atom. The first-order valence-corrected chi connectivity index (χ1v) is 2.51. The van der Waals surface area contributed by atoms with E-state index in [9.17, 15) is 22.0 Å². The first-order chi connectivity index (χ1) is 4.67. The molecule has 0 atom stereocenters. The van der Waals surface area contributed by atoms with E-state index in [1.807, 2.05) is 0 Å². The fourth-order valence-corrected chi connectivity index (χ4v) is 0.377. The normalized spacial score (nSPS) is 14.2. The van der Waals surface area contributed by atoms with E-state index < -0.39 is 18.6 Å². The second-order valence-corrected chi connectivity index (χ2v) is 2.02. The molecule has 0 heterocycles. The number of halogens is 5. The summed E-state index contributed by atoms with van der Waals surface area (Å²) in [4.78, 5) is 0. The summed E-state index contributed by atoms with van der Waals surface area (Å²) in [5.74, 6) is -4.86. The molecule has 0 fully saturated rings. The Morgan fingerprint density at radius 2 is 1.55 bits per heavy atom. The molecule has 68 valence electrons. The molecule has 0 aromatic heterocycles. The summed E-state index contributed by atoms with van der Waals surface area (Å²) in [5.41, 5.74) is 0. The van der Waals surface area contributed by atoms with E-state index in [0.717, 1.165) is 0 Å². The molecule has 0 rings (SSSR count). The Morgan fingerprint density at radius 1 is 1.18 bits per heavy atom. The van der Waals surface area contributed by atoms with Gasteiger partial charge in [-0.05, 0) is 0 Å². The third kappa shape index (κ3) is 2.98. The van der Waals surface area contributed by atoms with Crippen LogP contribution in [0.1, 0.15) is 0 Å². The highest BCUT2D eigenvalue weighted by Crippen LogP contribution is 2.35. The number of hydrogen-bond acceptors (Lipinski definition) is 2. The molecule has 0 unspecified atom stereocenters. The fourth-order valence-electron chi connectivity index (χ4n) is 0.377. The third-order valence-corrected chi connectivity index (χ3v) is 0.842. The SMILES string of the molecule is CN(O)CC(F)(F)C(F)(F)F. The van der Waals surface area contributed by atoms with Crippen molar-refractivity contribution in [2.45, 2.75) is 12.1 Å². The van der Waals surface area contributed by atoms with Gasteiger partial charge in [-0.3, -0.25) is 0 Å². The zero-order chi connectivity index (χ0) is 9.28. The first kappa shape index (κ1) is 10.6. The van der Waals surface area contributed by atoms with E-state index in [1.54, 1.807) is 0 Å². The van der Waals surface area contributed by atoms with E-state index in [1.165, 1.54) is 0 Å². The van der Waals surface area contributed by atoms with Gasteiger partial charge in [0.15, 0.2) is 0 Å². The molecule has 2 nitrogen and oxygen atoms in total. The van der Waals surface area contributed by atoms with Crippen LogP contribution in [0.15, 0.2) is 0 Å². The lowest BCUT2D eigenvalue weighted by atomic mass is 10.3. The maximum atomic E-state index is 11.9. The zero-order valence-electron chi connectivity index (χ0n) is 5.49. The largest absolute Gasteiger partial charge is 0.454 e. The number of hydroxylamine groups is 2. The van der Waals surface area contributed by atoms with E-state index >= 15 is 0 Å². The van der Waals surface area contributed by atoms with Crippen LogP contribution in [0.4, 0.5) is 22.0 Å². The zero-order valence-corrected chi connectivity index (χ0v) is 5.49. The molecule has 0 saturated carbocycles. The lowest BCUT2D eigenvalue weighted by Gasteiger charge is -2.21. The van der Waals surface area contributed by atoms with Crippen LogP contribution in [0, 0.1) is 0 Å². The second kappa shape index (κ2) is 2.90. The van der Waals surface area contributed by atoms with Crippen LogP contribution in [-0.4, -0.2) is 36.0 Å². The highest BCUT2D eigenvalue weighted by molar-refractivity contribution is 4.76. The summed E-state index contributed by atoms with van der Waals surface area (Å²) in [6.07, 6.45) is -5.61. The Bertz CT molecular complexity index is 131. The van der Waals surface area contributed by atoms with Crippen molar-refractivity contribution in [3.05, 3.63) is 0 Å². The van der Waals surface area contributed by atoms with Crippen molar-refractivity contribution in [2.75, 3.05) is 13.6 Å². The number of hydrogen-bond donors (Lipinski definition) is 1. The second-order valence-electron chi connectivity index (χ2n) is 2.02. The molecular weight excluding hydrogens is 173 g/mol. The summed E-state index contributed by atoms with van der Waals surface area (Å²) >= 11 is 0. The lowest BCUT2D eigenvalue weighted by molar-refractivity contribution is -0.300. The first-order valence-electron chi connectivity index (χ1n) is 2.51. The smallest absolute Gasteiger partial charge is 0.314 e. The van der Waals surface area contributed by atoms with Crippen molar-refractivity contribution in [1.82, 2.24) is 5.06 Å². The summed E-state index contributed by atoms with van der Waals surface area (Å²) in [6, 6.07) is 0. The van der Waals surface area contributed by atoms with Crippen molar-refractivity contribution >= 4 is 0 Å². The minimum absolute atomic E-state index is 0.215. The van der Waals surface area contributed by atoms with Gasteiger partial charge in [-0.25, -0.2) is 0 Å². The van der Waals surface area contributed by atoms with Gasteiger partial charge in [-0.2, -0.15) is 27.0 Å². The van der Waals surface area contributed by atoms with Crippen molar-refractivity contribution in [2.24, 2.45) is 0 Å². The lowest BCUT2D eigenvalue weighted by Crippen LogP contribution is -2.44. The maximum Gasteiger partial charge on any atom is 0.454 e. The van der Waals surface area contributed by atoms with E-state index in [4.69, 9.17) is 5.21 Å². The average molecular weight is 179 g/mol. The van der Waals surface area contributed by atoms with Crippen LogP contribution >= 0.6 is 0 Å². The molecule has 0 aromatic carbocycles. The van der Waals surface area contributed by atoms with Crippen LogP contribution in [0.5, 0.6) is 0 Å². The van der Waals surface area contributed by atoms with Gasteiger partial charge in [0, 0.05) is 7.05 Å². The maximum absolute atomic E-state index is 11.9. The third-order valence-electron chi connectivity index (χ3n) is 0.842. The molecule has 0 aliphatic rings. The van der Waals surface area contributed by atoms with Gasteiger partial charge in [-0.1, -0.05) is 0 Å². The molecule has 0 spiro atoms. The molecular formula is C4H6F5NO. The highest BCUT2D eigenvalue weighted by Gasteiger charge is 2.57. The number of alkyl halides is 5. The van der Waals surface area contributed by atoms with Gasteiger partial charge < -0.3 is 5.21 Å². The predicted molar refractivity (Wildman–Crippen MR) is 25.4 cm³/mol. The van der Waals surface area contributed by atoms with Crippen LogP contribution in [0.3, 0.4) is 0 Å². The standard InChI is InChI=1S/C4H6F5NO/c1-10(11)2-3(5,6)4(7,8)9/h11H,2H2,1H3. The molecule has 7 heteroatoms. The highest BCUT2D eigenvalue weighted by atomic mass is 19.4. The quantitative estimate of drug-likeness (QED) is 0.513. The van der Waals surface area contributed by atoms with Gasteiger partial charge in [0.1, 0.15) is 0 Å². The molecule has 0 aromatic rings. The Balaban J connectivity index is 4.22. The minimum Gasteiger partial charge on any atom is -0.314 e. The van der Waals surface area contributed by atoms with Crippen LogP contribution < -0.4 is 0 Å². The molecule has 0 amide bonds. The molecule has 0 aliphatic heterocycles. The van der Waals surface area contributed by atoms with Crippen molar-refractivity contribution in [1.29, 1.82) is 0 Å². The Hall–Kier alpha value is -0.430. The van der Waals surface area contributed by atoms with Gasteiger partial charge in [0.2, 0.25) is 0 Å². The molecule has 0 radical (unpaired) electrons. The van der Waals surface area contributed by atoms with Gasteiger partial charge >= 0.3 is 12.1 Å². The molecule has 0 saturated heterocycles. The van der Waals surface area contributed by atoms with Crippen LogP contribution in [0.25, 0.3) is 0 Å². The number of rotatable bonds is 2. The molecule has 11 heavy (non-hydrogen) atoms. The molecule has 1 N–H and O–H groups in total. The van der Waals surface area contributed by atoms with Gasteiger partial charge in [-0.15, -0.1) is 0 Å². The average Bonchev–Trinajstić information content (AvgIpc) is 1.56.